The fourth-order valence-electron chi connectivity index (χ4n) is 3.41. The summed E-state index contributed by atoms with van der Waals surface area (Å²) in [5, 5.41) is 3.59. The first kappa shape index (κ1) is 15.8. The maximum absolute atomic E-state index is 12.4. The summed E-state index contributed by atoms with van der Waals surface area (Å²) in [6.45, 7) is 5.36. The molecule has 2 atom stereocenters. The summed E-state index contributed by atoms with van der Waals surface area (Å²) in [6.07, 6.45) is 7.74. The molecule has 2 aliphatic rings. The molecule has 1 saturated heterocycles. The molecule has 1 N–H and O–H groups in total. The number of nitrogens with one attached hydrogen (secondary N) is 1. The van der Waals surface area contributed by atoms with Gasteiger partial charge in [0.05, 0.1) is 6.10 Å². The highest BCUT2D eigenvalue weighted by Gasteiger charge is 2.34. The molecule has 0 radical (unpaired) electrons. The number of amides is 1. The van der Waals surface area contributed by atoms with Crippen LogP contribution in [0.15, 0.2) is 0 Å². The van der Waals surface area contributed by atoms with Gasteiger partial charge in [0.25, 0.3) is 5.91 Å². The van der Waals surface area contributed by atoms with Gasteiger partial charge in [0.2, 0.25) is 0 Å². The van der Waals surface area contributed by atoms with Gasteiger partial charge in [0, 0.05) is 19.1 Å². The number of nitrogens with zero attached hydrogens (tertiary/aromatic N) is 1. The summed E-state index contributed by atoms with van der Waals surface area (Å²) >= 11 is 0. The zero-order valence-corrected chi connectivity index (χ0v) is 13.2. The van der Waals surface area contributed by atoms with Crippen molar-refractivity contribution in [1.29, 1.82) is 0 Å². The maximum atomic E-state index is 12.4. The summed E-state index contributed by atoms with van der Waals surface area (Å²) in [5.74, 6) is 0.194. The van der Waals surface area contributed by atoms with Crippen molar-refractivity contribution in [3.63, 3.8) is 0 Å². The van der Waals surface area contributed by atoms with Gasteiger partial charge < -0.3 is 15.0 Å². The van der Waals surface area contributed by atoms with Crippen LogP contribution in [0.5, 0.6) is 0 Å². The normalized spacial score (nSPS) is 34.1. The van der Waals surface area contributed by atoms with Crippen molar-refractivity contribution in [2.75, 3.05) is 13.6 Å². The first-order valence-corrected chi connectivity index (χ1v) is 8.27. The Bertz CT molecular complexity index is 314. The third-order valence-electron chi connectivity index (χ3n) is 4.78. The van der Waals surface area contributed by atoms with E-state index in [4.69, 9.17) is 4.74 Å². The molecule has 0 bridgehead atoms. The number of likely N-dealkylation sites (N-methyl/N-ethyl adjacent to an activating group) is 1. The molecule has 1 heterocycles. The molecule has 0 aromatic rings. The standard InChI is InChI=1S/C16H30N2O2/c1-4-11-17-13-6-8-14(9-7-13)18(3)16(19)15-10-5-12(2)20-15/h12-15,17H,4-11H2,1-3H3. The van der Waals surface area contributed by atoms with Crippen LogP contribution in [-0.4, -0.2) is 48.7 Å². The largest absolute Gasteiger partial charge is 0.365 e. The van der Waals surface area contributed by atoms with Crippen molar-refractivity contribution in [3.05, 3.63) is 0 Å². The van der Waals surface area contributed by atoms with Crippen molar-refractivity contribution in [3.8, 4) is 0 Å². The minimum absolute atomic E-state index is 0.189. The molecule has 116 valence electrons. The smallest absolute Gasteiger partial charge is 0.251 e. The number of hydrogen-bond donors (Lipinski definition) is 1. The lowest BCUT2D eigenvalue weighted by Gasteiger charge is -2.36. The second kappa shape index (κ2) is 7.41. The molecule has 20 heavy (non-hydrogen) atoms. The molecule has 1 aliphatic carbocycles. The second-order valence-corrected chi connectivity index (χ2v) is 6.42. The van der Waals surface area contributed by atoms with E-state index in [9.17, 15) is 4.79 Å². The molecule has 1 aliphatic heterocycles. The third-order valence-corrected chi connectivity index (χ3v) is 4.78. The van der Waals surface area contributed by atoms with E-state index < -0.39 is 0 Å². The van der Waals surface area contributed by atoms with Gasteiger partial charge in [-0.1, -0.05) is 6.92 Å². The minimum atomic E-state index is -0.189. The van der Waals surface area contributed by atoms with E-state index in [0.717, 1.165) is 32.2 Å². The Labute approximate surface area is 123 Å². The van der Waals surface area contributed by atoms with Crippen LogP contribution in [0, 0.1) is 0 Å². The molecule has 1 amide bonds. The first-order valence-electron chi connectivity index (χ1n) is 8.27. The van der Waals surface area contributed by atoms with Crippen molar-refractivity contribution < 1.29 is 9.53 Å². The zero-order valence-electron chi connectivity index (χ0n) is 13.2. The van der Waals surface area contributed by atoms with E-state index in [2.05, 4.69) is 19.2 Å². The van der Waals surface area contributed by atoms with Crippen molar-refractivity contribution in [2.45, 2.75) is 83.1 Å². The molecule has 2 rings (SSSR count). The van der Waals surface area contributed by atoms with Crippen molar-refractivity contribution in [2.24, 2.45) is 0 Å². The molecule has 2 unspecified atom stereocenters. The van der Waals surface area contributed by atoms with Gasteiger partial charge >= 0.3 is 0 Å². The Kier molecular flexibility index (Phi) is 5.85. The lowest BCUT2D eigenvalue weighted by atomic mass is 9.90. The molecule has 1 saturated carbocycles. The van der Waals surface area contributed by atoms with Crippen LogP contribution in [0.1, 0.15) is 58.8 Å². The van der Waals surface area contributed by atoms with Gasteiger partial charge in [-0.05, 0) is 58.4 Å². The van der Waals surface area contributed by atoms with E-state index in [1.807, 2.05) is 11.9 Å². The van der Waals surface area contributed by atoms with Crippen LogP contribution in [0.3, 0.4) is 0 Å². The van der Waals surface area contributed by atoms with Crippen LogP contribution < -0.4 is 5.32 Å². The Morgan fingerprint density at radius 2 is 1.90 bits per heavy atom. The lowest BCUT2D eigenvalue weighted by Crippen LogP contribution is -2.46. The van der Waals surface area contributed by atoms with Crippen LogP contribution in [0.2, 0.25) is 0 Å². The molecule has 2 fully saturated rings. The fraction of sp³-hybridized carbons (Fsp3) is 0.938. The number of carbonyl (C=O) groups excluding carboxylic acids is 1. The van der Waals surface area contributed by atoms with Gasteiger partial charge in [-0.2, -0.15) is 0 Å². The lowest BCUT2D eigenvalue weighted by molar-refractivity contribution is -0.144. The summed E-state index contributed by atoms with van der Waals surface area (Å²) in [6, 6.07) is 1.05. The van der Waals surface area contributed by atoms with Gasteiger partial charge in [0.15, 0.2) is 0 Å². The first-order chi connectivity index (χ1) is 9.61. The SMILES string of the molecule is CCCNC1CCC(N(C)C(=O)C2CCC(C)O2)CC1. The second-order valence-electron chi connectivity index (χ2n) is 6.42. The van der Waals surface area contributed by atoms with Gasteiger partial charge in [0.1, 0.15) is 6.10 Å². The molecular formula is C16H30N2O2. The zero-order chi connectivity index (χ0) is 14.5. The monoisotopic (exact) mass is 282 g/mol. The number of hydrogen-bond acceptors (Lipinski definition) is 3. The summed E-state index contributed by atoms with van der Waals surface area (Å²) in [4.78, 5) is 14.4. The van der Waals surface area contributed by atoms with Gasteiger partial charge in [-0.3, -0.25) is 4.79 Å². The van der Waals surface area contributed by atoms with Gasteiger partial charge in [-0.25, -0.2) is 0 Å². The average molecular weight is 282 g/mol. The van der Waals surface area contributed by atoms with E-state index >= 15 is 0 Å². The number of rotatable bonds is 5. The Hall–Kier alpha value is -0.610. The Morgan fingerprint density at radius 3 is 2.45 bits per heavy atom. The predicted molar refractivity (Wildman–Crippen MR) is 80.7 cm³/mol. The molecule has 0 aromatic carbocycles. The summed E-state index contributed by atoms with van der Waals surface area (Å²) < 4.78 is 5.71. The molecule has 4 nitrogen and oxygen atoms in total. The van der Waals surface area contributed by atoms with Crippen LogP contribution in [0.25, 0.3) is 0 Å². The molecule has 0 spiro atoms. The Balaban J connectivity index is 1.76. The van der Waals surface area contributed by atoms with E-state index in [0.29, 0.717) is 12.1 Å². The van der Waals surface area contributed by atoms with E-state index in [1.54, 1.807) is 0 Å². The third kappa shape index (κ3) is 3.95. The summed E-state index contributed by atoms with van der Waals surface area (Å²) in [5.41, 5.74) is 0. The number of ether oxygens (including phenoxy) is 1. The summed E-state index contributed by atoms with van der Waals surface area (Å²) in [7, 11) is 1.96. The molecule has 0 aromatic heterocycles. The predicted octanol–water partition coefficient (Wildman–Crippen LogP) is 2.32. The number of carbonyl (C=O) groups is 1. The topological polar surface area (TPSA) is 41.6 Å². The maximum Gasteiger partial charge on any atom is 0.251 e. The highest BCUT2D eigenvalue weighted by atomic mass is 16.5. The van der Waals surface area contributed by atoms with Crippen LogP contribution in [0.4, 0.5) is 0 Å². The molecule has 4 heteroatoms. The fourth-order valence-corrected chi connectivity index (χ4v) is 3.41. The van der Waals surface area contributed by atoms with Crippen molar-refractivity contribution >= 4 is 5.91 Å². The van der Waals surface area contributed by atoms with Crippen LogP contribution >= 0.6 is 0 Å². The van der Waals surface area contributed by atoms with Crippen LogP contribution in [-0.2, 0) is 9.53 Å². The van der Waals surface area contributed by atoms with Gasteiger partial charge in [-0.15, -0.1) is 0 Å². The highest BCUT2D eigenvalue weighted by molar-refractivity contribution is 5.81. The van der Waals surface area contributed by atoms with Crippen molar-refractivity contribution in [1.82, 2.24) is 10.2 Å². The van der Waals surface area contributed by atoms with E-state index in [1.165, 1.54) is 19.3 Å². The Morgan fingerprint density at radius 1 is 1.20 bits per heavy atom. The average Bonchev–Trinajstić information content (AvgIpc) is 2.90. The molecular weight excluding hydrogens is 252 g/mol. The van der Waals surface area contributed by atoms with E-state index in [-0.39, 0.29) is 18.1 Å². The minimum Gasteiger partial charge on any atom is -0.365 e. The quantitative estimate of drug-likeness (QED) is 0.841. The highest BCUT2D eigenvalue weighted by Crippen LogP contribution is 2.26.